The van der Waals surface area contributed by atoms with Gasteiger partial charge >= 0.3 is 16.2 Å². The van der Waals surface area contributed by atoms with Crippen molar-refractivity contribution in [2.75, 3.05) is 32.6 Å². The lowest BCUT2D eigenvalue weighted by Gasteiger charge is -2.32. The van der Waals surface area contributed by atoms with Crippen LogP contribution in [0.3, 0.4) is 0 Å². The largest absolute Gasteiger partial charge is 0.493 e. The number of hydrogen-bond donors (Lipinski definition) is 2. The van der Waals surface area contributed by atoms with E-state index in [-0.39, 0.29) is 30.2 Å². The molecule has 140 valence electrons. The van der Waals surface area contributed by atoms with Crippen molar-refractivity contribution in [2.24, 2.45) is 0 Å². The molecule has 1 aliphatic heterocycles. The van der Waals surface area contributed by atoms with Crippen LogP contribution in [0.2, 0.25) is 0 Å². The van der Waals surface area contributed by atoms with Crippen LogP contribution in [0.15, 0.2) is 12.1 Å². The average Bonchev–Trinajstić information content (AvgIpc) is 2.60. The topological polar surface area (TPSA) is 114 Å². The minimum Gasteiger partial charge on any atom is -0.493 e. The third kappa shape index (κ3) is 4.07. The first-order valence-electron chi connectivity index (χ1n) is 7.66. The third-order valence-electron chi connectivity index (χ3n) is 3.96. The maximum atomic E-state index is 12.7. The van der Waals surface area contributed by atoms with Crippen LogP contribution in [0, 0.1) is 0 Å². The second kappa shape index (κ2) is 7.79. The Hall–Kier alpha value is -2.20. The highest BCUT2D eigenvalue weighted by Crippen LogP contribution is 2.40. The second-order valence-electron chi connectivity index (χ2n) is 5.48. The third-order valence-corrected chi connectivity index (χ3v) is 5.51. The lowest BCUT2D eigenvalue weighted by molar-refractivity contribution is -0.142. The van der Waals surface area contributed by atoms with Crippen molar-refractivity contribution >= 4 is 21.9 Å². The molecule has 9 nitrogen and oxygen atoms in total. The number of rotatable bonds is 7. The van der Waals surface area contributed by atoms with Gasteiger partial charge < -0.3 is 19.3 Å². The van der Waals surface area contributed by atoms with Gasteiger partial charge in [0.1, 0.15) is 6.04 Å². The van der Waals surface area contributed by atoms with Crippen LogP contribution < -0.4 is 18.9 Å². The first-order valence-corrected chi connectivity index (χ1v) is 9.10. The second-order valence-corrected chi connectivity index (χ2v) is 7.10. The lowest BCUT2D eigenvalue weighted by Crippen LogP contribution is -2.49. The average molecular weight is 374 g/mol. The number of methoxy groups -OCH3 is 3. The van der Waals surface area contributed by atoms with Gasteiger partial charge in [-0.05, 0) is 19.3 Å². The molecule has 0 bridgehead atoms. The number of aliphatic carboxylic acids is 1. The Morgan fingerprint density at radius 3 is 2.24 bits per heavy atom. The number of carboxylic acids is 1. The summed E-state index contributed by atoms with van der Waals surface area (Å²) >= 11 is 0. The molecule has 2 N–H and O–H groups in total. The monoisotopic (exact) mass is 374 g/mol. The van der Waals surface area contributed by atoms with Crippen molar-refractivity contribution in [3.05, 3.63) is 12.1 Å². The number of ether oxygens (including phenoxy) is 3. The molecular weight excluding hydrogens is 352 g/mol. The molecule has 1 saturated heterocycles. The van der Waals surface area contributed by atoms with Crippen LogP contribution >= 0.6 is 0 Å². The highest BCUT2D eigenvalue weighted by Gasteiger charge is 2.37. The van der Waals surface area contributed by atoms with Gasteiger partial charge in [0.25, 0.3) is 0 Å². The Balaban J connectivity index is 2.35. The number of piperidine rings is 1. The van der Waals surface area contributed by atoms with E-state index >= 15 is 0 Å². The summed E-state index contributed by atoms with van der Waals surface area (Å²) in [5, 5.41) is 9.28. The molecule has 0 aromatic heterocycles. The Kier molecular flexibility index (Phi) is 5.96. The Labute approximate surface area is 146 Å². The Bertz CT molecular complexity index is 710. The summed E-state index contributed by atoms with van der Waals surface area (Å²) in [5.74, 6) is -0.259. The minimum absolute atomic E-state index is 0.150. The number of carbonyl (C=O) groups is 1. The predicted molar refractivity (Wildman–Crippen MR) is 90.6 cm³/mol. The summed E-state index contributed by atoms with van der Waals surface area (Å²) in [6, 6.07) is 1.81. The molecule has 0 unspecified atom stereocenters. The van der Waals surface area contributed by atoms with E-state index in [9.17, 15) is 18.3 Å². The molecule has 1 atom stereocenters. The van der Waals surface area contributed by atoms with Crippen LogP contribution in [0.25, 0.3) is 0 Å². The van der Waals surface area contributed by atoms with Crippen molar-refractivity contribution < 1.29 is 32.5 Å². The molecule has 1 aromatic carbocycles. The van der Waals surface area contributed by atoms with Crippen LogP contribution in [0.4, 0.5) is 5.69 Å². The van der Waals surface area contributed by atoms with E-state index in [1.165, 1.54) is 33.5 Å². The summed E-state index contributed by atoms with van der Waals surface area (Å²) in [5.41, 5.74) is 0.184. The molecule has 25 heavy (non-hydrogen) atoms. The summed E-state index contributed by atoms with van der Waals surface area (Å²) in [6.07, 6.45) is 1.57. The maximum absolute atomic E-state index is 12.7. The first kappa shape index (κ1) is 19.1. The summed E-state index contributed by atoms with van der Waals surface area (Å²) in [6.45, 7) is 0.150. The summed E-state index contributed by atoms with van der Waals surface area (Å²) in [7, 11) is 0.225. The fraction of sp³-hybridized carbons (Fsp3) is 0.533. The molecular formula is C15H22N2O7S. The minimum atomic E-state index is -4.05. The van der Waals surface area contributed by atoms with E-state index < -0.39 is 22.2 Å². The van der Waals surface area contributed by atoms with Crippen molar-refractivity contribution in [3.63, 3.8) is 0 Å². The molecule has 1 fully saturated rings. The Morgan fingerprint density at radius 1 is 1.16 bits per heavy atom. The first-order chi connectivity index (χ1) is 11.8. The van der Waals surface area contributed by atoms with Gasteiger partial charge in [-0.1, -0.05) is 0 Å². The molecule has 0 spiro atoms. The van der Waals surface area contributed by atoms with Crippen LogP contribution in [0.5, 0.6) is 17.2 Å². The number of benzene rings is 1. The standard InChI is InChI=1S/C15H22N2O7S/c1-22-12-8-10(9-13(23-2)14(12)24-3)16-25(20,21)17-7-5-4-6-11(17)15(18)19/h8-9,11,16H,4-7H2,1-3H3,(H,18,19)/t11-/m1/s1. The van der Waals surface area contributed by atoms with E-state index in [1.54, 1.807) is 0 Å². The van der Waals surface area contributed by atoms with Gasteiger partial charge in [-0.2, -0.15) is 12.7 Å². The van der Waals surface area contributed by atoms with Crippen LogP contribution in [-0.4, -0.2) is 57.7 Å². The van der Waals surface area contributed by atoms with Crippen molar-refractivity contribution in [2.45, 2.75) is 25.3 Å². The van der Waals surface area contributed by atoms with E-state index in [2.05, 4.69) is 4.72 Å². The van der Waals surface area contributed by atoms with Gasteiger partial charge in [0.05, 0.1) is 27.0 Å². The van der Waals surface area contributed by atoms with Crippen LogP contribution in [-0.2, 0) is 15.0 Å². The van der Waals surface area contributed by atoms with Gasteiger partial charge in [-0.15, -0.1) is 0 Å². The van der Waals surface area contributed by atoms with Crippen molar-refractivity contribution in [1.29, 1.82) is 0 Å². The van der Waals surface area contributed by atoms with E-state index in [0.29, 0.717) is 18.6 Å². The molecule has 2 rings (SSSR count). The number of hydrogen-bond acceptors (Lipinski definition) is 6. The molecule has 0 amide bonds. The molecule has 0 radical (unpaired) electrons. The van der Waals surface area contributed by atoms with E-state index in [0.717, 1.165) is 4.31 Å². The fourth-order valence-corrected chi connectivity index (χ4v) is 4.22. The van der Waals surface area contributed by atoms with Gasteiger partial charge in [0.15, 0.2) is 11.5 Å². The van der Waals surface area contributed by atoms with Crippen molar-refractivity contribution in [1.82, 2.24) is 4.31 Å². The quantitative estimate of drug-likeness (QED) is 0.739. The molecule has 0 saturated carbocycles. The molecule has 1 aromatic rings. The molecule has 0 aliphatic carbocycles. The van der Waals surface area contributed by atoms with Gasteiger partial charge in [-0.3, -0.25) is 9.52 Å². The van der Waals surface area contributed by atoms with Gasteiger partial charge in [-0.25, -0.2) is 0 Å². The number of anilines is 1. The van der Waals surface area contributed by atoms with Crippen molar-refractivity contribution in [3.8, 4) is 17.2 Å². The number of carboxylic acid groups (broad SMARTS) is 1. The molecule has 10 heteroatoms. The zero-order valence-electron chi connectivity index (χ0n) is 14.3. The maximum Gasteiger partial charge on any atom is 0.322 e. The summed E-state index contributed by atoms with van der Waals surface area (Å²) < 4.78 is 44.3. The van der Waals surface area contributed by atoms with Crippen LogP contribution in [0.1, 0.15) is 19.3 Å². The molecule has 1 heterocycles. The zero-order valence-corrected chi connectivity index (χ0v) is 15.1. The molecule has 1 aliphatic rings. The number of nitrogens with one attached hydrogen (secondary N) is 1. The SMILES string of the molecule is COc1cc(NS(=O)(=O)N2CCCC[C@@H]2C(=O)O)cc(OC)c1OC. The number of nitrogens with zero attached hydrogens (tertiary/aromatic N) is 1. The Morgan fingerprint density at radius 2 is 1.76 bits per heavy atom. The zero-order chi connectivity index (χ0) is 18.6. The van der Waals surface area contributed by atoms with E-state index in [4.69, 9.17) is 14.2 Å². The van der Waals surface area contributed by atoms with Gasteiger partial charge in [0.2, 0.25) is 5.75 Å². The highest BCUT2D eigenvalue weighted by atomic mass is 32.2. The highest BCUT2D eigenvalue weighted by molar-refractivity contribution is 7.90. The smallest absolute Gasteiger partial charge is 0.322 e. The summed E-state index contributed by atoms with van der Waals surface area (Å²) in [4.78, 5) is 11.4. The lowest BCUT2D eigenvalue weighted by atomic mass is 10.1. The fourth-order valence-electron chi connectivity index (χ4n) is 2.79. The van der Waals surface area contributed by atoms with Gasteiger partial charge in [0, 0.05) is 18.7 Å². The predicted octanol–water partition coefficient (Wildman–Crippen LogP) is 1.31. The van der Waals surface area contributed by atoms with E-state index in [1.807, 2.05) is 0 Å². The normalized spacial score (nSPS) is 18.4.